The maximum Gasteiger partial charge on any atom is 0.319 e. The van der Waals surface area contributed by atoms with Crippen LogP contribution in [0.1, 0.15) is 0 Å². The number of nitrogens with zero attached hydrogens (tertiary/aromatic N) is 4. The van der Waals surface area contributed by atoms with Gasteiger partial charge in [-0.3, -0.25) is 20.2 Å². The number of aromatic hydroxyl groups is 1. The number of rotatable bonds is 5. The van der Waals surface area contributed by atoms with E-state index in [2.05, 4.69) is 10.2 Å². The van der Waals surface area contributed by atoms with Gasteiger partial charge in [-0.15, -0.1) is 10.2 Å². The molecule has 0 fully saturated rings. The molecule has 0 radical (unpaired) electrons. The molecular formula is C12H9N6O8S-. The molecule has 14 nitrogen and oxygen atoms in total. The second-order valence-electron chi connectivity index (χ2n) is 4.95. The van der Waals surface area contributed by atoms with E-state index in [-0.39, 0.29) is 11.4 Å². The van der Waals surface area contributed by atoms with Crippen LogP contribution in [-0.2, 0) is 10.1 Å². The van der Waals surface area contributed by atoms with Crippen molar-refractivity contribution in [1.82, 2.24) is 0 Å². The number of nitrogen functional groups attached to an aromatic ring is 2. The van der Waals surface area contributed by atoms with Crippen molar-refractivity contribution in [2.75, 3.05) is 11.5 Å². The zero-order valence-corrected chi connectivity index (χ0v) is 13.8. The number of nitrogens with two attached hydrogens (primary N) is 2. The summed E-state index contributed by atoms with van der Waals surface area (Å²) in [6.07, 6.45) is 0. The second-order valence-corrected chi connectivity index (χ2v) is 6.30. The first-order valence-corrected chi connectivity index (χ1v) is 8.05. The van der Waals surface area contributed by atoms with E-state index < -0.39 is 53.4 Å². The van der Waals surface area contributed by atoms with Crippen LogP contribution in [0, 0.1) is 20.2 Å². The number of hydrogen-bond donors (Lipinski definition) is 3. The molecule has 0 unspecified atom stereocenters. The molecule has 5 N–H and O–H groups in total. The maximum absolute atomic E-state index is 11.1. The lowest BCUT2D eigenvalue weighted by Crippen LogP contribution is -2.04. The van der Waals surface area contributed by atoms with E-state index in [4.69, 9.17) is 11.5 Å². The monoisotopic (exact) mass is 397 g/mol. The molecule has 15 heteroatoms. The average molecular weight is 397 g/mol. The minimum Gasteiger partial charge on any atom is -0.744 e. The van der Waals surface area contributed by atoms with Crippen LogP contribution in [-0.4, -0.2) is 27.9 Å². The summed E-state index contributed by atoms with van der Waals surface area (Å²) in [5.74, 6) is -1.01. The number of hydrogen-bond acceptors (Lipinski definition) is 12. The zero-order chi connectivity index (χ0) is 20.5. The fraction of sp³-hybridized carbons (Fsp3) is 0. The first-order chi connectivity index (χ1) is 12.4. The van der Waals surface area contributed by atoms with Crippen molar-refractivity contribution in [1.29, 1.82) is 0 Å². The Morgan fingerprint density at radius 2 is 1.52 bits per heavy atom. The first kappa shape index (κ1) is 19.5. The molecule has 0 atom stereocenters. The molecule has 2 rings (SSSR count). The average Bonchev–Trinajstić information content (AvgIpc) is 2.53. The van der Waals surface area contributed by atoms with Crippen molar-refractivity contribution in [2.45, 2.75) is 4.90 Å². The molecule has 0 aliphatic rings. The highest BCUT2D eigenvalue weighted by Crippen LogP contribution is 2.41. The topological polar surface area (TPSA) is 240 Å². The summed E-state index contributed by atoms with van der Waals surface area (Å²) in [7, 11) is -4.96. The molecule has 0 aliphatic carbocycles. The third kappa shape index (κ3) is 4.05. The summed E-state index contributed by atoms with van der Waals surface area (Å²) >= 11 is 0. The number of phenolic OH excluding ortho intramolecular Hbond substituents is 1. The van der Waals surface area contributed by atoms with Gasteiger partial charge in [0.25, 0.3) is 5.69 Å². The molecule has 0 saturated carbocycles. The number of non-ortho nitro benzene ring substituents is 1. The van der Waals surface area contributed by atoms with Gasteiger partial charge in [0.15, 0.2) is 0 Å². The predicted octanol–water partition coefficient (Wildman–Crippen LogP) is 1.69. The summed E-state index contributed by atoms with van der Waals surface area (Å²) < 4.78 is 33.4. The Hall–Kier alpha value is -3.85. The molecule has 142 valence electrons. The molecule has 2 aromatic carbocycles. The van der Waals surface area contributed by atoms with Crippen LogP contribution in [0.5, 0.6) is 5.75 Å². The van der Waals surface area contributed by atoms with Gasteiger partial charge in [-0.25, -0.2) is 8.42 Å². The lowest BCUT2D eigenvalue weighted by molar-refractivity contribution is -0.394. The smallest absolute Gasteiger partial charge is 0.319 e. The Balaban J connectivity index is 2.62. The minimum atomic E-state index is -4.96. The van der Waals surface area contributed by atoms with Gasteiger partial charge >= 0.3 is 5.69 Å². The van der Waals surface area contributed by atoms with Crippen LogP contribution < -0.4 is 11.5 Å². The number of anilines is 2. The van der Waals surface area contributed by atoms with E-state index in [9.17, 15) is 38.3 Å². The molecular weight excluding hydrogens is 388 g/mol. The van der Waals surface area contributed by atoms with E-state index in [1.807, 2.05) is 0 Å². The van der Waals surface area contributed by atoms with Crippen LogP contribution in [0.3, 0.4) is 0 Å². The lowest BCUT2D eigenvalue weighted by Gasteiger charge is -2.11. The summed E-state index contributed by atoms with van der Waals surface area (Å²) in [4.78, 5) is 18.9. The van der Waals surface area contributed by atoms with E-state index in [1.54, 1.807) is 0 Å². The van der Waals surface area contributed by atoms with Crippen molar-refractivity contribution >= 4 is 44.2 Å². The maximum atomic E-state index is 11.1. The summed E-state index contributed by atoms with van der Waals surface area (Å²) in [6, 6.07) is 2.85. The van der Waals surface area contributed by atoms with Crippen molar-refractivity contribution in [3.8, 4) is 5.75 Å². The van der Waals surface area contributed by atoms with E-state index in [1.165, 1.54) is 0 Å². The molecule has 0 aliphatic heterocycles. The third-order valence-electron chi connectivity index (χ3n) is 3.16. The van der Waals surface area contributed by atoms with Crippen LogP contribution in [0.25, 0.3) is 0 Å². The molecule has 2 aromatic rings. The largest absolute Gasteiger partial charge is 0.744 e. The van der Waals surface area contributed by atoms with E-state index in [0.717, 1.165) is 6.07 Å². The SMILES string of the molecule is Nc1cc(N)c(S(=O)(=O)[O-])cc1N=Nc1cc([N+](=O)[O-])cc([N+](=O)[O-])c1O. The Kier molecular flexibility index (Phi) is 4.91. The first-order valence-electron chi connectivity index (χ1n) is 6.64. The highest BCUT2D eigenvalue weighted by Gasteiger charge is 2.24. The van der Waals surface area contributed by atoms with Crippen LogP contribution in [0.15, 0.2) is 39.4 Å². The van der Waals surface area contributed by atoms with E-state index >= 15 is 0 Å². The molecule has 0 aromatic heterocycles. The van der Waals surface area contributed by atoms with Gasteiger partial charge in [-0.1, -0.05) is 0 Å². The molecule has 27 heavy (non-hydrogen) atoms. The summed E-state index contributed by atoms with van der Waals surface area (Å²) in [5.41, 5.74) is 7.57. The van der Waals surface area contributed by atoms with Crippen molar-refractivity contribution in [3.63, 3.8) is 0 Å². The second kappa shape index (κ2) is 6.81. The van der Waals surface area contributed by atoms with Crippen molar-refractivity contribution in [3.05, 3.63) is 44.5 Å². The highest BCUT2D eigenvalue weighted by molar-refractivity contribution is 7.86. The Morgan fingerprint density at radius 1 is 0.926 bits per heavy atom. The van der Waals surface area contributed by atoms with Crippen LogP contribution >= 0.6 is 0 Å². The van der Waals surface area contributed by atoms with Gasteiger partial charge in [0.05, 0.1) is 32.2 Å². The number of benzene rings is 2. The van der Waals surface area contributed by atoms with Gasteiger partial charge in [0.1, 0.15) is 21.5 Å². The molecule has 0 spiro atoms. The zero-order valence-electron chi connectivity index (χ0n) is 13.0. The fourth-order valence-electron chi connectivity index (χ4n) is 1.92. The van der Waals surface area contributed by atoms with Crippen LogP contribution in [0.2, 0.25) is 0 Å². The van der Waals surface area contributed by atoms with Gasteiger partial charge in [-0.2, -0.15) is 0 Å². The van der Waals surface area contributed by atoms with Crippen molar-refractivity contribution in [2.24, 2.45) is 10.2 Å². The normalized spacial score (nSPS) is 11.6. The summed E-state index contributed by atoms with van der Waals surface area (Å²) in [5, 5.41) is 38.5. The molecule has 0 heterocycles. The lowest BCUT2D eigenvalue weighted by atomic mass is 10.2. The molecule has 0 bridgehead atoms. The third-order valence-corrected chi connectivity index (χ3v) is 4.05. The summed E-state index contributed by atoms with van der Waals surface area (Å²) in [6.45, 7) is 0. The molecule has 0 amide bonds. The van der Waals surface area contributed by atoms with Crippen molar-refractivity contribution < 1.29 is 27.9 Å². The number of phenols is 1. The van der Waals surface area contributed by atoms with Gasteiger partial charge in [-0.05, 0) is 12.1 Å². The number of nitro groups is 2. The number of nitro benzene ring substituents is 2. The minimum absolute atomic E-state index is 0.205. The molecule has 0 saturated heterocycles. The van der Waals surface area contributed by atoms with Gasteiger partial charge in [0, 0.05) is 6.07 Å². The quantitative estimate of drug-likeness (QED) is 0.216. The number of azo groups is 1. The predicted molar refractivity (Wildman–Crippen MR) is 88.8 cm³/mol. The standard InChI is InChI=1S/C12H10N6O8S/c13-6-3-7(14)11(27(24,25)26)4-8(6)15-16-9-1-5(17(20)21)2-10(12(9)19)18(22)23/h1-4,19H,13-14H2,(H,24,25,26)/p-1. The van der Waals surface area contributed by atoms with Crippen LogP contribution in [0.4, 0.5) is 34.1 Å². The Labute approximate surface area is 149 Å². The van der Waals surface area contributed by atoms with Gasteiger partial charge < -0.3 is 21.1 Å². The van der Waals surface area contributed by atoms with E-state index in [0.29, 0.717) is 18.2 Å². The highest BCUT2D eigenvalue weighted by atomic mass is 32.2. The van der Waals surface area contributed by atoms with Gasteiger partial charge in [0.2, 0.25) is 5.75 Å². The Bertz CT molecular complexity index is 1100. The fourth-order valence-corrected chi connectivity index (χ4v) is 2.53. The Morgan fingerprint density at radius 3 is 2.04 bits per heavy atom.